The van der Waals surface area contributed by atoms with Crippen molar-refractivity contribution < 1.29 is 9.21 Å². The lowest BCUT2D eigenvalue weighted by molar-refractivity contribution is 0.0983. The first-order valence-corrected chi connectivity index (χ1v) is 6.43. The largest absolute Gasteiger partial charge is 0.452 e. The molecule has 19 heavy (non-hydrogen) atoms. The van der Waals surface area contributed by atoms with Gasteiger partial charge in [0, 0.05) is 18.3 Å². The fourth-order valence-corrected chi connectivity index (χ4v) is 2.61. The Morgan fingerprint density at radius 2 is 2.16 bits per heavy atom. The van der Waals surface area contributed by atoms with E-state index in [9.17, 15) is 4.79 Å². The number of carbonyl (C=O) groups is 1. The summed E-state index contributed by atoms with van der Waals surface area (Å²) in [5, 5.41) is 0.113. The highest BCUT2D eigenvalue weighted by Gasteiger charge is 2.28. The maximum atomic E-state index is 12.5. The number of para-hydroxylation sites is 1. The van der Waals surface area contributed by atoms with Crippen molar-refractivity contribution >= 4 is 23.2 Å². The number of furan rings is 1. The second-order valence-corrected chi connectivity index (χ2v) is 4.96. The number of halogens is 1. The average molecular weight is 277 g/mol. The van der Waals surface area contributed by atoms with Crippen molar-refractivity contribution in [1.29, 1.82) is 0 Å². The van der Waals surface area contributed by atoms with Crippen LogP contribution < -0.4 is 10.6 Å². The van der Waals surface area contributed by atoms with Gasteiger partial charge in [-0.1, -0.05) is 18.2 Å². The van der Waals surface area contributed by atoms with E-state index in [1.807, 2.05) is 24.3 Å². The summed E-state index contributed by atoms with van der Waals surface area (Å²) < 4.78 is 4.98. The van der Waals surface area contributed by atoms with Crippen LogP contribution in [0, 0.1) is 0 Å². The highest BCUT2D eigenvalue weighted by atomic mass is 35.5. The summed E-state index contributed by atoms with van der Waals surface area (Å²) in [5.74, 6) is -0.179. The molecule has 0 radical (unpaired) electrons. The Kier molecular flexibility index (Phi) is 3.05. The first kappa shape index (κ1) is 12.3. The number of nitrogens with zero attached hydrogens (tertiary/aromatic N) is 1. The fourth-order valence-electron chi connectivity index (χ4n) is 2.41. The lowest BCUT2D eigenvalue weighted by Crippen LogP contribution is -2.46. The van der Waals surface area contributed by atoms with Gasteiger partial charge in [-0.25, -0.2) is 0 Å². The molecule has 1 atom stereocenters. The molecule has 0 bridgehead atoms. The van der Waals surface area contributed by atoms with Crippen LogP contribution in [0.2, 0.25) is 5.22 Å². The van der Waals surface area contributed by atoms with Crippen LogP contribution in [0.4, 0.5) is 5.69 Å². The number of hydrogen-bond acceptors (Lipinski definition) is 3. The summed E-state index contributed by atoms with van der Waals surface area (Å²) in [6.07, 6.45) is 2.18. The summed E-state index contributed by atoms with van der Waals surface area (Å²) >= 11 is 5.87. The van der Waals surface area contributed by atoms with Crippen molar-refractivity contribution in [3.63, 3.8) is 0 Å². The maximum absolute atomic E-state index is 12.5. The van der Waals surface area contributed by atoms with E-state index in [1.54, 1.807) is 11.0 Å². The summed E-state index contributed by atoms with van der Waals surface area (Å²) in [6.45, 7) is 0.483. The van der Waals surface area contributed by atoms with Crippen LogP contribution in [0.25, 0.3) is 0 Å². The third-order valence-electron chi connectivity index (χ3n) is 3.28. The molecule has 0 spiro atoms. The van der Waals surface area contributed by atoms with Gasteiger partial charge in [0.2, 0.25) is 5.22 Å². The lowest BCUT2D eigenvalue weighted by Gasteiger charge is -2.32. The third kappa shape index (κ3) is 2.13. The van der Waals surface area contributed by atoms with E-state index in [0.717, 1.165) is 17.7 Å². The molecule has 4 nitrogen and oxygen atoms in total. The molecule has 98 valence electrons. The second kappa shape index (κ2) is 4.72. The van der Waals surface area contributed by atoms with Crippen molar-refractivity contribution in [1.82, 2.24) is 0 Å². The molecule has 1 amide bonds. The zero-order chi connectivity index (χ0) is 13.4. The summed E-state index contributed by atoms with van der Waals surface area (Å²) in [6, 6.07) is 9.29. The van der Waals surface area contributed by atoms with Crippen molar-refractivity contribution in [2.75, 3.05) is 11.4 Å². The van der Waals surface area contributed by atoms with Gasteiger partial charge in [0.15, 0.2) is 0 Å². The highest BCUT2D eigenvalue weighted by Crippen LogP contribution is 2.29. The first-order valence-electron chi connectivity index (χ1n) is 6.05. The highest BCUT2D eigenvalue weighted by molar-refractivity contribution is 6.32. The summed E-state index contributed by atoms with van der Waals surface area (Å²) in [7, 11) is 0. The van der Waals surface area contributed by atoms with Gasteiger partial charge in [-0.15, -0.1) is 0 Å². The second-order valence-electron chi connectivity index (χ2n) is 4.62. The summed E-state index contributed by atoms with van der Waals surface area (Å²) in [5.41, 5.74) is 8.36. The maximum Gasteiger partial charge on any atom is 0.263 e. The van der Waals surface area contributed by atoms with Crippen LogP contribution in [0.5, 0.6) is 0 Å². The van der Waals surface area contributed by atoms with Crippen molar-refractivity contribution in [3.8, 4) is 0 Å². The number of fused-ring (bicyclic) bond motifs is 1. The van der Waals surface area contributed by atoms with Crippen LogP contribution in [0.1, 0.15) is 15.9 Å². The van der Waals surface area contributed by atoms with Gasteiger partial charge < -0.3 is 15.1 Å². The van der Waals surface area contributed by atoms with Gasteiger partial charge in [0.25, 0.3) is 5.91 Å². The molecular formula is C14H13ClN2O2. The molecule has 1 unspecified atom stereocenters. The van der Waals surface area contributed by atoms with E-state index < -0.39 is 0 Å². The number of anilines is 1. The van der Waals surface area contributed by atoms with Crippen molar-refractivity contribution in [2.45, 2.75) is 12.5 Å². The quantitative estimate of drug-likeness (QED) is 0.870. The summed E-state index contributed by atoms with van der Waals surface area (Å²) in [4.78, 5) is 14.2. The normalized spacial score (nSPS) is 18.2. The Hall–Kier alpha value is -1.78. The standard InChI is InChI=1S/C14H13ClN2O2/c15-13-11(5-6-19-13)14(18)17-8-10(16)7-9-3-1-2-4-12(9)17/h1-6,10H,7-8,16H2. The van der Waals surface area contributed by atoms with Gasteiger partial charge in [-0.2, -0.15) is 0 Å². The predicted molar refractivity (Wildman–Crippen MR) is 73.5 cm³/mol. The van der Waals surface area contributed by atoms with E-state index in [-0.39, 0.29) is 17.2 Å². The van der Waals surface area contributed by atoms with Crippen LogP contribution in [-0.2, 0) is 6.42 Å². The Morgan fingerprint density at radius 3 is 2.89 bits per heavy atom. The van der Waals surface area contributed by atoms with Gasteiger partial charge in [-0.05, 0) is 35.7 Å². The number of carbonyl (C=O) groups excluding carboxylic acids is 1. The number of rotatable bonds is 1. The molecular weight excluding hydrogens is 264 g/mol. The minimum atomic E-state index is -0.179. The van der Waals surface area contributed by atoms with Gasteiger partial charge in [0.1, 0.15) is 0 Å². The monoisotopic (exact) mass is 276 g/mol. The van der Waals surface area contributed by atoms with Crippen LogP contribution in [-0.4, -0.2) is 18.5 Å². The van der Waals surface area contributed by atoms with Crippen LogP contribution in [0.3, 0.4) is 0 Å². The number of hydrogen-bond donors (Lipinski definition) is 1. The van der Waals surface area contributed by atoms with Crippen LogP contribution >= 0.6 is 11.6 Å². The van der Waals surface area contributed by atoms with E-state index in [1.165, 1.54) is 6.26 Å². The molecule has 0 saturated heterocycles. The topological polar surface area (TPSA) is 59.5 Å². The fraction of sp³-hybridized carbons (Fsp3) is 0.214. The minimum Gasteiger partial charge on any atom is -0.452 e. The van der Waals surface area contributed by atoms with E-state index in [2.05, 4.69) is 0 Å². The van der Waals surface area contributed by atoms with Gasteiger partial charge >= 0.3 is 0 Å². The number of nitrogens with two attached hydrogens (primary N) is 1. The van der Waals surface area contributed by atoms with Gasteiger partial charge in [0.05, 0.1) is 11.8 Å². The van der Waals surface area contributed by atoms with Crippen molar-refractivity contribution in [3.05, 3.63) is 52.9 Å². The van der Waals surface area contributed by atoms with E-state index in [0.29, 0.717) is 12.1 Å². The number of benzene rings is 1. The lowest BCUT2D eigenvalue weighted by atomic mass is 9.98. The minimum absolute atomic E-state index is 0.0653. The van der Waals surface area contributed by atoms with Crippen molar-refractivity contribution in [2.24, 2.45) is 5.73 Å². The van der Waals surface area contributed by atoms with E-state index in [4.69, 9.17) is 21.8 Å². The zero-order valence-corrected chi connectivity index (χ0v) is 10.9. The molecule has 5 heteroatoms. The molecule has 1 aliphatic heterocycles. The molecule has 1 aromatic heterocycles. The molecule has 2 N–H and O–H groups in total. The Morgan fingerprint density at radius 1 is 1.37 bits per heavy atom. The van der Waals surface area contributed by atoms with E-state index >= 15 is 0 Å². The molecule has 0 saturated carbocycles. The predicted octanol–water partition coefficient (Wildman–Crippen LogP) is 2.46. The zero-order valence-electron chi connectivity index (χ0n) is 10.2. The molecule has 0 fully saturated rings. The number of amides is 1. The van der Waals surface area contributed by atoms with Gasteiger partial charge in [-0.3, -0.25) is 4.79 Å². The van der Waals surface area contributed by atoms with Crippen LogP contribution in [0.15, 0.2) is 41.0 Å². The first-order chi connectivity index (χ1) is 9.16. The Bertz CT molecular complexity index is 623. The molecule has 2 aromatic rings. The molecule has 3 rings (SSSR count). The average Bonchev–Trinajstić information content (AvgIpc) is 2.83. The Labute approximate surface area is 115 Å². The molecule has 2 heterocycles. The molecule has 1 aliphatic rings. The third-order valence-corrected chi connectivity index (χ3v) is 3.57. The Balaban J connectivity index is 2.02. The smallest absolute Gasteiger partial charge is 0.263 e. The molecule has 0 aliphatic carbocycles. The SMILES string of the molecule is NC1Cc2ccccc2N(C(=O)c2ccoc2Cl)C1. The molecule has 1 aromatic carbocycles.